The van der Waals surface area contributed by atoms with E-state index in [9.17, 15) is 22.8 Å². The SMILES string of the molecule is COC(=O)[C@@H](C)NC(=O)C(F)(F)F. The Bertz CT molecular complexity index is 214. The second-order valence-electron chi connectivity index (χ2n) is 2.22. The molecule has 0 saturated carbocycles. The molecule has 0 unspecified atom stereocenters. The quantitative estimate of drug-likeness (QED) is 0.647. The molecule has 0 aromatic carbocycles. The van der Waals surface area contributed by atoms with Crippen molar-refractivity contribution in [1.29, 1.82) is 0 Å². The molecule has 0 aromatic heterocycles. The molecule has 0 radical (unpaired) electrons. The van der Waals surface area contributed by atoms with E-state index in [0.717, 1.165) is 14.0 Å². The first-order chi connectivity index (χ1) is 5.79. The minimum Gasteiger partial charge on any atom is -0.467 e. The van der Waals surface area contributed by atoms with E-state index in [1.807, 2.05) is 0 Å². The maximum atomic E-state index is 11.6. The second kappa shape index (κ2) is 4.11. The van der Waals surface area contributed by atoms with Gasteiger partial charge in [0.2, 0.25) is 0 Å². The van der Waals surface area contributed by atoms with Crippen LogP contribution in [0.2, 0.25) is 0 Å². The number of carbonyl (C=O) groups is 2. The van der Waals surface area contributed by atoms with Gasteiger partial charge in [-0.05, 0) is 6.92 Å². The maximum Gasteiger partial charge on any atom is 0.471 e. The molecule has 1 N–H and O–H groups in total. The van der Waals surface area contributed by atoms with Gasteiger partial charge >= 0.3 is 18.1 Å². The summed E-state index contributed by atoms with van der Waals surface area (Å²) in [5, 5.41) is 1.43. The third kappa shape index (κ3) is 3.77. The van der Waals surface area contributed by atoms with Crippen LogP contribution in [0, 0.1) is 0 Å². The van der Waals surface area contributed by atoms with Gasteiger partial charge in [0.25, 0.3) is 0 Å². The fourth-order valence-corrected chi connectivity index (χ4v) is 0.514. The van der Waals surface area contributed by atoms with Crippen molar-refractivity contribution in [2.45, 2.75) is 19.1 Å². The van der Waals surface area contributed by atoms with E-state index in [0.29, 0.717) is 0 Å². The maximum absolute atomic E-state index is 11.6. The van der Waals surface area contributed by atoms with Crippen LogP contribution < -0.4 is 5.32 Å². The van der Waals surface area contributed by atoms with Crippen molar-refractivity contribution >= 4 is 11.9 Å². The van der Waals surface area contributed by atoms with Crippen molar-refractivity contribution in [3.63, 3.8) is 0 Å². The second-order valence-corrected chi connectivity index (χ2v) is 2.22. The molecule has 0 aromatic rings. The first-order valence-electron chi connectivity index (χ1n) is 3.24. The molecular formula is C6H8F3NO3. The molecule has 0 aliphatic rings. The van der Waals surface area contributed by atoms with Crippen molar-refractivity contribution in [1.82, 2.24) is 5.32 Å². The highest BCUT2D eigenvalue weighted by Gasteiger charge is 2.40. The normalized spacial score (nSPS) is 13.3. The Hall–Kier alpha value is -1.27. The van der Waals surface area contributed by atoms with Crippen molar-refractivity contribution in [2.24, 2.45) is 0 Å². The molecule has 76 valence electrons. The van der Waals surface area contributed by atoms with Gasteiger partial charge in [0.05, 0.1) is 7.11 Å². The summed E-state index contributed by atoms with van der Waals surface area (Å²) < 4.78 is 38.9. The zero-order chi connectivity index (χ0) is 10.6. The highest BCUT2D eigenvalue weighted by atomic mass is 19.4. The number of carbonyl (C=O) groups excluding carboxylic acids is 2. The van der Waals surface area contributed by atoms with E-state index in [1.165, 1.54) is 5.32 Å². The fourth-order valence-electron chi connectivity index (χ4n) is 0.514. The summed E-state index contributed by atoms with van der Waals surface area (Å²) in [5.74, 6) is -3.09. The Morgan fingerprint density at radius 3 is 2.15 bits per heavy atom. The Labute approximate surface area is 72.0 Å². The van der Waals surface area contributed by atoms with Crippen molar-refractivity contribution in [2.75, 3.05) is 7.11 Å². The molecule has 0 rings (SSSR count). The molecule has 13 heavy (non-hydrogen) atoms. The Morgan fingerprint density at radius 1 is 1.38 bits per heavy atom. The van der Waals surface area contributed by atoms with Gasteiger partial charge in [-0.1, -0.05) is 0 Å². The molecule has 0 fully saturated rings. The molecule has 0 aliphatic heterocycles. The van der Waals surface area contributed by atoms with Crippen LogP contribution in [0.15, 0.2) is 0 Å². The monoisotopic (exact) mass is 199 g/mol. The molecule has 1 atom stereocenters. The predicted molar refractivity (Wildman–Crippen MR) is 35.7 cm³/mol. The lowest BCUT2D eigenvalue weighted by atomic mass is 10.3. The van der Waals surface area contributed by atoms with Crippen molar-refractivity contribution < 1.29 is 27.5 Å². The summed E-state index contributed by atoms with van der Waals surface area (Å²) in [6, 6.07) is -1.31. The van der Waals surface area contributed by atoms with Crippen LogP contribution in [0.3, 0.4) is 0 Å². The Morgan fingerprint density at radius 2 is 1.85 bits per heavy atom. The predicted octanol–water partition coefficient (Wildman–Crippen LogP) is 0.226. The number of nitrogens with one attached hydrogen (secondary N) is 1. The summed E-state index contributed by atoms with van der Waals surface area (Å²) in [4.78, 5) is 20.8. The average Bonchev–Trinajstić information content (AvgIpc) is 2.01. The standard InChI is InChI=1S/C6H8F3NO3/c1-3(4(11)13-2)10-5(12)6(7,8)9/h3H,1-2H3,(H,10,12)/t3-/m1/s1. The molecule has 0 heterocycles. The highest BCUT2D eigenvalue weighted by Crippen LogP contribution is 2.14. The van der Waals surface area contributed by atoms with Crippen LogP contribution in [0.1, 0.15) is 6.92 Å². The summed E-state index contributed by atoms with van der Waals surface area (Å²) in [6.07, 6.45) is -4.98. The lowest BCUT2D eigenvalue weighted by molar-refractivity contribution is -0.175. The van der Waals surface area contributed by atoms with Gasteiger partial charge < -0.3 is 10.1 Å². The summed E-state index contributed by atoms with van der Waals surface area (Å²) in [5.41, 5.74) is 0. The first kappa shape index (κ1) is 11.7. The zero-order valence-corrected chi connectivity index (χ0v) is 6.94. The van der Waals surface area contributed by atoms with Crippen LogP contribution in [0.5, 0.6) is 0 Å². The number of amides is 1. The van der Waals surface area contributed by atoms with Gasteiger partial charge in [-0.15, -0.1) is 0 Å². The third-order valence-corrected chi connectivity index (χ3v) is 1.16. The van der Waals surface area contributed by atoms with Crippen LogP contribution in [0.4, 0.5) is 13.2 Å². The van der Waals surface area contributed by atoms with E-state index in [2.05, 4.69) is 4.74 Å². The van der Waals surface area contributed by atoms with Gasteiger partial charge in [0, 0.05) is 0 Å². The van der Waals surface area contributed by atoms with Crippen LogP contribution >= 0.6 is 0 Å². The highest BCUT2D eigenvalue weighted by molar-refractivity contribution is 5.87. The molecule has 0 bridgehead atoms. The molecule has 0 saturated heterocycles. The molecule has 7 heteroatoms. The van der Waals surface area contributed by atoms with E-state index in [1.54, 1.807) is 0 Å². The van der Waals surface area contributed by atoms with Gasteiger partial charge in [-0.25, -0.2) is 4.79 Å². The number of rotatable bonds is 2. The van der Waals surface area contributed by atoms with Crippen LogP contribution in [0.25, 0.3) is 0 Å². The number of methoxy groups -OCH3 is 1. The summed E-state index contributed by atoms with van der Waals surface area (Å²) in [7, 11) is 1.01. The fraction of sp³-hybridized carbons (Fsp3) is 0.667. The topological polar surface area (TPSA) is 55.4 Å². The number of alkyl halides is 3. The van der Waals surface area contributed by atoms with Gasteiger partial charge in [-0.3, -0.25) is 4.79 Å². The van der Waals surface area contributed by atoms with Crippen molar-refractivity contribution in [3.05, 3.63) is 0 Å². The lowest BCUT2D eigenvalue weighted by Crippen LogP contribution is -2.45. The van der Waals surface area contributed by atoms with Gasteiger partial charge in [-0.2, -0.15) is 13.2 Å². The Kier molecular flexibility index (Phi) is 3.70. The number of hydrogen-bond acceptors (Lipinski definition) is 3. The van der Waals surface area contributed by atoms with Crippen LogP contribution in [-0.4, -0.2) is 31.2 Å². The molecule has 1 amide bonds. The number of halogens is 3. The minimum absolute atomic E-state index is 0.933. The smallest absolute Gasteiger partial charge is 0.467 e. The molecule has 0 aliphatic carbocycles. The van der Waals surface area contributed by atoms with E-state index in [4.69, 9.17) is 0 Å². The first-order valence-corrected chi connectivity index (χ1v) is 3.24. The van der Waals surface area contributed by atoms with E-state index < -0.39 is 24.1 Å². The van der Waals surface area contributed by atoms with E-state index >= 15 is 0 Å². The van der Waals surface area contributed by atoms with Crippen molar-refractivity contribution in [3.8, 4) is 0 Å². The largest absolute Gasteiger partial charge is 0.471 e. The summed E-state index contributed by atoms with van der Waals surface area (Å²) in [6.45, 7) is 1.09. The number of ether oxygens (including phenoxy) is 1. The minimum atomic E-state index is -4.98. The average molecular weight is 199 g/mol. The van der Waals surface area contributed by atoms with Gasteiger partial charge in [0.1, 0.15) is 6.04 Å². The zero-order valence-electron chi connectivity index (χ0n) is 6.94. The third-order valence-electron chi connectivity index (χ3n) is 1.16. The molecule has 0 spiro atoms. The lowest BCUT2D eigenvalue weighted by Gasteiger charge is -2.12. The molecular weight excluding hydrogens is 191 g/mol. The van der Waals surface area contributed by atoms with Gasteiger partial charge in [0.15, 0.2) is 0 Å². The number of hydrogen-bond donors (Lipinski definition) is 1. The molecule has 4 nitrogen and oxygen atoms in total. The van der Waals surface area contributed by atoms with E-state index in [-0.39, 0.29) is 0 Å². The Balaban J connectivity index is 4.15. The number of esters is 1. The van der Waals surface area contributed by atoms with Crippen LogP contribution in [-0.2, 0) is 14.3 Å². The summed E-state index contributed by atoms with van der Waals surface area (Å²) >= 11 is 0.